The molecule has 18 heavy (non-hydrogen) atoms. The van der Waals surface area contributed by atoms with E-state index >= 15 is 0 Å². The summed E-state index contributed by atoms with van der Waals surface area (Å²) in [6, 6.07) is 5.36. The number of benzene rings is 1. The van der Waals surface area contributed by atoms with Crippen LogP contribution in [0.3, 0.4) is 0 Å². The molecular weight excluding hydrogens is 269 g/mol. The van der Waals surface area contributed by atoms with E-state index in [1.165, 1.54) is 6.08 Å². The van der Waals surface area contributed by atoms with E-state index in [1.807, 2.05) is 6.92 Å². The Morgan fingerprint density at radius 2 is 2.17 bits per heavy atom. The molecule has 1 N–H and O–H groups in total. The summed E-state index contributed by atoms with van der Waals surface area (Å²) in [6.45, 7) is 4.08. The van der Waals surface area contributed by atoms with Gasteiger partial charge < -0.3 is 5.32 Å². The van der Waals surface area contributed by atoms with Crippen molar-refractivity contribution in [3.63, 3.8) is 0 Å². The topological polar surface area (TPSA) is 29.1 Å². The van der Waals surface area contributed by atoms with Crippen LogP contribution in [0.2, 0.25) is 10.0 Å². The molecule has 0 saturated heterocycles. The minimum Gasteiger partial charge on any atom is -0.350 e. The van der Waals surface area contributed by atoms with E-state index in [9.17, 15) is 4.79 Å². The molecule has 0 aromatic heterocycles. The summed E-state index contributed by atoms with van der Waals surface area (Å²) < 4.78 is 0. The molecule has 0 unspecified atom stereocenters. The Kier molecular flexibility index (Phi) is 6.23. The van der Waals surface area contributed by atoms with Crippen LogP contribution in [0.25, 0.3) is 6.08 Å². The summed E-state index contributed by atoms with van der Waals surface area (Å²) in [5.74, 6) is -0.109. The third kappa shape index (κ3) is 5.11. The number of rotatable bonds is 5. The van der Waals surface area contributed by atoms with E-state index in [0.29, 0.717) is 10.0 Å². The van der Waals surface area contributed by atoms with Crippen molar-refractivity contribution >= 4 is 35.2 Å². The average Bonchev–Trinajstić information content (AvgIpc) is 2.28. The first kappa shape index (κ1) is 15.1. The molecule has 4 heteroatoms. The standard InChI is InChI=1S/C14H17Cl2NO/c1-3-4-10(2)17-14(18)8-6-11-5-7-12(15)9-13(11)16/h5-10H,3-4H2,1-2H3,(H,17,18)/b8-6+/t10-/m0/s1. The molecule has 2 nitrogen and oxygen atoms in total. The summed E-state index contributed by atoms with van der Waals surface area (Å²) in [5, 5.41) is 4.00. The van der Waals surface area contributed by atoms with Gasteiger partial charge in [0, 0.05) is 22.2 Å². The summed E-state index contributed by atoms with van der Waals surface area (Å²) in [7, 11) is 0. The molecular formula is C14H17Cl2NO. The van der Waals surface area contributed by atoms with Gasteiger partial charge in [0.25, 0.3) is 0 Å². The van der Waals surface area contributed by atoms with Gasteiger partial charge in [0.2, 0.25) is 5.91 Å². The number of carbonyl (C=O) groups is 1. The van der Waals surface area contributed by atoms with Gasteiger partial charge in [-0.2, -0.15) is 0 Å². The fraction of sp³-hybridized carbons (Fsp3) is 0.357. The molecule has 0 bridgehead atoms. The lowest BCUT2D eigenvalue weighted by Gasteiger charge is -2.10. The highest BCUT2D eigenvalue weighted by molar-refractivity contribution is 6.35. The van der Waals surface area contributed by atoms with Crippen molar-refractivity contribution in [1.29, 1.82) is 0 Å². The highest BCUT2D eigenvalue weighted by atomic mass is 35.5. The lowest BCUT2D eigenvalue weighted by atomic mass is 10.2. The molecule has 1 atom stereocenters. The van der Waals surface area contributed by atoms with Crippen molar-refractivity contribution in [2.45, 2.75) is 32.7 Å². The first-order valence-corrected chi connectivity index (χ1v) is 6.72. The van der Waals surface area contributed by atoms with Crippen LogP contribution in [0.5, 0.6) is 0 Å². The van der Waals surface area contributed by atoms with E-state index in [4.69, 9.17) is 23.2 Å². The van der Waals surface area contributed by atoms with E-state index in [1.54, 1.807) is 24.3 Å². The van der Waals surface area contributed by atoms with Crippen molar-refractivity contribution in [2.75, 3.05) is 0 Å². The molecule has 0 fully saturated rings. The van der Waals surface area contributed by atoms with Gasteiger partial charge in [-0.3, -0.25) is 4.79 Å². The Hall–Kier alpha value is -0.990. The molecule has 0 heterocycles. The van der Waals surface area contributed by atoms with Crippen molar-refractivity contribution in [3.8, 4) is 0 Å². The monoisotopic (exact) mass is 285 g/mol. The van der Waals surface area contributed by atoms with Gasteiger partial charge in [-0.1, -0.05) is 42.6 Å². The molecule has 0 aliphatic heterocycles. The van der Waals surface area contributed by atoms with Gasteiger partial charge in [-0.05, 0) is 37.1 Å². The molecule has 98 valence electrons. The molecule has 0 aliphatic rings. The zero-order valence-corrected chi connectivity index (χ0v) is 12.1. The lowest BCUT2D eigenvalue weighted by Crippen LogP contribution is -2.30. The number of nitrogens with one attached hydrogen (secondary N) is 1. The third-order valence-electron chi connectivity index (χ3n) is 2.49. The molecule has 1 aromatic rings. The smallest absolute Gasteiger partial charge is 0.244 e. The highest BCUT2D eigenvalue weighted by Crippen LogP contribution is 2.21. The van der Waals surface area contributed by atoms with E-state index in [-0.39, 0.29) is 11.9 Å². The largest absolute Gasteiger partial charge is 0.350 e. The molecule has 0 spiro atoms. The molecule has 0 radical (unpaired) electrons. The van der Waals surface area contributed by atoms with Gasteiger partial charge in [0.1, 0.15) is 0 Å². The van der Waals surface area contributed by atoms with Crippen LogP contribution < -0.4 is 5.32 Å². The van der Waals surface area contributed by atoms with Gasteiger partial charge in [-0.25, -0.2) is 0 Å². The molecule has 1 rings (SSSR count). The Balaban J connectivity index is 2.60. The maximum atomic E-state index is 11.6. The second-order valence-corrected chi connectivity index (χ2v) is 5.04. The predicted molar refractivity (Wildman–Crippen MR) is 78.0 cm³/mol. The number of hydrogen-bond acceptors (Lipinski definition) is 1. The van der Waals surface area contributed by atoms with Gasteiger partial charge >= 0.3 is 0 Å². The van der Waals surface area contributed by atoms with Crippen molar-refractivity contribution < 1.29 is 4.79 Å². The quantitative estimate of drug-likeness (QED) is 0.803. The van der Waals surface area contributed by atoms with Gasteiger partial charge in [-0.15, -0.1) is 0 Å². The van der Waals surface area contributed by atoms with Crippen LogP contribution in [-0.4, -0.2) is 11.9 Å². The second-order valence-electron chi connectivity index (χ2n) is 4.20. The Labute approximate surface area is 118 Å². The normalized spacial score (nSPS) is 12.7. The van der Waals surface area contributed by atoms with Crippen LogP contribution in [0, 0.1) is 0 Å². The second kappa shape index (κ2) is 7.45. The minimum atomic E-state index is -0.109. The Bertz CT molecular complexity index is 443. The number of carbonyl (C=O) groups excluding carboxylic acids is 1. The van der Waals surface area contributed by atoms with E-state index in [2.05, 4.69) is 12.2 Å². The Morgan fingerprint density at radius 1 is 1.44 bits per heavy atom. The first-order valence-electron chi connectivity index (χ1n) is 5.96. The molecule has 0 saturated carbocycles. The summed E-state index contributed by atoms with van der Waals surface area (Å²) in [6.07, 6.45) is 5.20. The lowest BCUT2D eigenvalue weighted by molar-refractivity contribution is -0.117. The van der Waals surface area contributed by atoms with E-state index < -0.39 is 0 Å². The Morgan fingerprint density at radius 3 is 2.78 bits per heavy atom. The molecule has 1 aromatic carbocycles. The first-order chi connectivity index (χ1) is 8.52. The van der Waals surface area contributed by atoms with E-state index in [0.717, 1.165) is 18.4 Å². The summed E-state index contributed by atoms with van der Waals surface area (Å²) >= 11 is 11.8. The number of hydrogen-bond donors (Lipinski definition) is 1. The van der Waals surface area contributed by atoms with Crippen molar-refractivity contribution in [3.05, 3.63) is 39.9 Å². The third-order valence-corrected chi connectivity index (χ3v) is 3.05. The average molecular weight is 286 g/mol. The van der Waals surface area contributed by atoms with Gasteiger partial charge in [0.15, 0.2) is 0 Å². The number of halogens is 2. The van der Waals surface area contributed by atoms with Crippen LogP contribution >= 0.6 is 23.2 Å². The summed E-state index contributed by atoms with van der Waals surface area (Å²) in [4.78, 5) is 11.6. The number of amides is 1. The zero-order chi connectivity index (χ0) is 13.5. The fourth-order valence-corrected chi connectivity index (χ4v) is 2.07. The fourth-order valence-electron chi connectivity index (χ4n) is 1.60. The predicted octanol–water partition coefficient (Wildman–Crippen LogP) is 4.31. The zero-order valence-electron chi connectivity index (χ0n) is 10.5. The SMILES string of the molecule is CCC[C@H](C)NC(=O)/C=C/c1ccc(Cl)cc1Cl. The molecule has 1 amide bonds. The minimum absolute atomic E-state index is 0.109. The van der Waals surface area contributed by atoms with Crippen LogP contribution in [0.15, 0.2) is 24.3 Å². The van der Waals surface area contributed by atoms with Crippen LogP contribution in [-0.2, 0) is 4.79 Å². The van der Waals surface area contributed by atoms with Crippen molar-refractivity contribution in [1.82, 2.24) is 5.32 Å². The maximum absolute atomic E-state index is 11.6. The van der Waals surface area contributed by atoms with Crippen LogP contribution in [0.4, 0.5) is 0 Å². The van der Waals surface area contributed by atoms with Gasteiger partial charge in [0.05, 0.1) is 0 Å². The van der Waals surface area contributed by atoms with Crippen molar-refractivity contribution in [2.24, 2.45) is 0 Å². The maximum Gasteiger partial charge on any atom is 0.244 e. The molecule has 0 aliphatic carbocycles. The highest BCUT2D eigenvalue weighted by Gasteiger charge is 2.03. The summed E-state index contributed by atoms with van der Waals surface area (Å²) in [5.41, 5.74) is 0.777. The van der Waals surface area contributed by atoms with Crippen LogP contribution in [0.1, 0.15) is 32.3 Å².